The van der Waals surface area contributed by atoms with Gasteiger partial charge in [-0.1, -0.05) is 62.1 Å². The molecule has 2 saturated heterocycles. The maximum atomic E-state index is 13.8. The molecular weight excluding hydrogens is 628 g/mol. The summed E-state index contributed by atoms with van der Waals surface area (Å²) in [7, 11) is 1.44. The van der Waals surface area contributed by atoms with Gasteiger partial charge in [-0.3, -0.25) is 14.4 Å². The van der Waals surface area contributed by atoms with Gasteiger partial charge in [0.25, 0.3) is 5.97 Å². The number of carbonyl (C=O) groups excluding carboxylic acids is 3. The standard InChI is InChI=1S/C39H42O10/c1-22(2)37-18-24(4)39-29(35(37)47-38(48-37,49-39)20-26-10-8-7-9-11-26)15-28(19-36(43)32(39)14-23(3)34(36)42)21-45-33(41)17-27-12-13-30(46-25(5)40)31(16-27)44-6/h7-16,24,29,32,35,43H,1,17-21H2,2-6H3/t24-,29+,32-,35-,36-,37-,38-,39?/m1/s1. The molecule has 0 amide bonds. The molecule has 3 aliphatic carbocycles. The quantitative estimate of drug-likeness (QED) is 0.222. The summed E-state index contributed by atoms with van der Waals surface area (Å²) in [6.45, 7) is 11.2. The Kier molecular flexibility index (Phi) is 8.02. The van der Waals surface area contributed by atoms with Gasteiger partial charge >= 0.3 is 11.9 Å². The number of benzene rings is 2. The fraction of sp³-hybridized carbons (Fsp3) is 0.462. The molecule has 1 N–H and O–H groups in total. The molecule has 258 valence electrons. The van der Waals surface area contributed by atoms with Crippen LogP contribution in [0.3, 0.4) is 0 Å². The smallest absolute Gasteiger partial charge is 0.310 e. The first-order valence-electron chi connectivity index (χ1n) is 16.7. The van der Waals surface area contributed by atoms with E-state index in [1.54, 1.807) is 25.1 Å². The van der Waals surface area contributed by atoms with Crippen LogP contribution in [0.5, 0.6) is 11.5 Å². The third-order valence-electron chi connectivity index (χ3n) is 11.0. The van der Waals surface area contributed by atoms with Gasteiger partial charge in [0.15, 0.2) is 17.3 Å². The molecule has 0 aromatic heterocycles. The summed E-state index contributed by atoms with van der Waals surface area (Å²) in [6.07, 6.45) is 4.04. The van der Waals surface area contributed by atoms with Crippen molar-refractivity contribution < 1.29 is 47.9 Å². The molecule has 2 aromatic rings. The predicted octanol–water partition coefficient (Wildman–Crippen LogP) is 4.96. The molecule has 0 spiro atoms. The Morgan fingerprint density at radius 2 is 1.80 bits per heavy atom. The number of methoxy groups -OCH3 is 1. The first-order valence-corrected chi connectivity index (χ1v) is 16.7. The van der Waals surface area contributed by atoms with Crippen molar-refractivity contribution in [2.24, 2.45) is 17.8 Å². The molecule has 0 radical (unpaired) electrons. The van der Waals surface area contributed by atoms with Crippen LogP contribution in [-0.4, -0.2) is 65.4 Å². The first kappa shape index (κ1) is 33.4. The molecule has 49 heavy (non-hydrogen) atoms. The van der Waals surface area contributed by atoms with Gasteiger partial charge in [0, 0.05) is 25.2 Å². The minimum Gasteiger partial charge on any atom is -0.493 e. The lowest BCUT2D eigenvalue weighted by Crippen LogP contribution is -2.70. The van der Waals surface area contributed by atoms with Crippen molar-refractivity contribution in [3.8, 4) is 11.5 Å². The zero-order chi connectivity index (χ0) is 34.9. The number of hydrogen-bond donors (Lipinski definition) is 1. The van der Waals surface area contributed by atoms with Crippen molar-refractivity contribution in [3.63, 3.8) is 0 Å². The van der Waals surface area contributed by atoms with Crippen LogP contribution >= 0.6 is 0 Å². The highest BCUT2D eigenvalue weighted by atomic mass is 16.9. The Bertz CT molecular complexity index is 1800. The van der Waals surface area contributed by atoms with E-state index in [-0.39, 0.29) is 36.9 Å². The summed E-state index contributed by atoms with van der Waals surface area (Å²) in [6, 6.07) is 14.7. The SMILES string of the molecule is C=C(C)[C@]12C[C@@H](C)C34O[C@](Cc5ccccc5)(O[C@@H]1[C@@H]3C=C(COC(=O)Cc1ccc(OC(C)=O)c(OC)c1)C[C@]1(O)C(=O)C(C)=C[C@@H]41)O2. The second-order valence-electron chi connectivity index (χ2n) is 14.2. The fourth-order valence-electron chi connectivity index (χ4n) is 8.94. The lowest BCUT2D eigenvalue weighted by atomic mass is 9.55. The van der Waals surface area contributed by atoms with Gasteiger partial charge in [-0.15, -0.1) is 0 Å². The Hall–Kier alpha value is -4.09. The summed E-state index contributed by atoms with van der Waals surface area (Å²) in [5.41, 5.74) is -0.345. The minimum atomic E-state index is -1.82. The van der Waals surface area contributed by atoms with Gasteiger partial charge in [0.2, 0.25) is 0 Å². The zero-order valence-electron chi connectivity index (χ0n) is 28.4. The predicted molar refractivity (Wildman–Crippen MR) is 176 cm³/mol. The van der Waals surface area contributed by atoms with Crippen LogP contribution < -0.4 is 9.47 Å². The molecule has 2 aromatic carbocycles. The third kappa shape index (κ3) is 5.19. The Balaban J connectivity index is 1.23. The maximum Gasteiger partial charge on any atom is 0.310 e. The number of ketones is 1. The lowest BCUT2D eigenvalue weighted by Gasteiger charge is -2.59. The average Bonchev–Trinajstić information content (AvgIpc) is 3.36. The van der Waals surface area contributed by atoms with Crippen LogP contribution in [0.4, 0.5) is 0 Å². The van der Waals surface area contributed by atoms with Crippen molar-refractivity contribution in [3.05, 3.63) is 95.1 Å². The zero-order valence-corrected chi connectivity index (χ0v) is 28.4. The van der Waals surface area contributed by atoms with E-state index in [0.717, 1.165) is 11.1 Å². The van der Waals surface area contributed by atoms with Gasteiger partial charge in [0.1, 0.15) is 23.9 Å². The van der Waals surface area contributed by atoms with E-state index in [4.69, 9.17) is 28.4 Å². The number of esters is 2. The normalized spacial score (nSPS) is 35.4. The van der Waals surface area contributed by atoms with E-state index < -0.39 is 52.7 Å². The summed E-state index contributed by atoms with van der Waals surface area (Å²) in [4.78, 5) is 38.5. The summed E-state index contributed by atoms with van der Waals surface area (Å²) in [5, 5.41) is 12.4. The Morgan fingerprint density at radius 1 is 1.04 bits per heavy atom. The molecule has 2 aliphatic heterocycles. The molecule has 7 rings (SSSR count). The van der Waals surface area contributed by atoms with Crippen LogP contribution in [0.2, 0.25) is 0 Å². The topological polar surface area (TPSA) is 127 Å². The van der Waals surface area contributed by atoms with E-state index >= 15 is 0 Å². The minimum absolute atomic E-state index is 0.0316. The molecular formula is C39H42O10. The number of aliphatic hydroxyl groups is 1. The highest BCUT2D eigenvalue weighted by Gasteiger charge is 2.79. The monoisotopic (exact) mass is 670 g/mol. The molecule has 3 fully saturated rings. The van der Waals surface area contributed by atoms with E-state index in [0.29, 0.717) is 35.3 Å². The first-order chi connectivity index (χ1) is 23.2. The van der Waals surface area contributed by atoms with Crippen LogP contribution in [0.15, 0.2) is 84.0 Å². The van der Waals surface area contributed by atoms with Gasteiger partial charge in [-0.2, -0.15) is 0 Å². The van der Waals surface area contributed by atoms with E-state index in [1.807, 2.05) is 49.4 Å². The van der Waals surface area contributed by atoms with Crippen LogP contribution in [0.25, 0.3) is 0 Å². The molecule has 10 nitrogen and oxygen atoms in total. The van der Waals surface area contributed by atoms with E-state index in [9.17, 15) is 19.5 Å². The van der Waals surface area contributed by atoms with Crippen LogP contribution in [-0.2, 0) is 46.2 Å². The molecule has 3 bridgehead atoms. The van der Waals surface area contributed by atoms with Gasteiger partial charge in [-0.05, 0) is 66.2 Å². The lowest BCUT2D eigenvalue weighted by molar-refractivity contribution is -0.421. The number of ether oxygens (including phenoxy) is 6. The van der Waals surface area contributed by atoms with Gasteiger partial charge in [-0.25, -0.2) is 0 Å². The largest absolute Gasteiger partial charge is 0.493 e. The number of Topliss-reactive ketones (excluding diaryl/α,β-unsaturated/α-hetero) is 1. The van der Waals surface area contributed by atoms with E-state index in [2.05, 4.69) is 13.5 Å². The second-order valence-corrected chi connectivity index (χ2v) is 14.2. The number of hydrogen-bond acceptors (Lipinski definition) is 10. The highest BCUT2D eigenvalue weighted by molar-refractivity contribution is 6.04. The van der Waals surface area contributed by atoms with Crippen molar-refractivity contribution >= 4 is 17.7 Å². The number of rotatable bonds is 9. The Morgan fingerprint density at radius 3 is 2.49 bits per heavy atom. The fourth-order valence-corrected chi connectivity index (χ4v) is 8.94. The van der Waals surface area contributed by atoms with Crippen LogP contribution in [0.1, 0.15) is 51.7 Å². The van der Waals surface area contributed by atoms with E-state index in [1.165, 1.54) is 14.0 Å². The molecule has 5 aliphatic rings. The molecule has 10 heteroatoms. The van der Waals surface area contributed by atoms with Crippen molar-refractivity contribution in [1.29, 1.82) is 0 Å². The molecule has 1 saturated carbocycles. The molecule has 8 atom stereocenters. The summed E-state index contributed by atoms with van der Waals surface area (Å²) >= 11 is 0. The summed E-state index contributed by atoms with van der Waals surface area (Å²) < 4.78 is 37.2. The van der Waals surface area contributed by atoms with Gasteiger partial charge in [0.05, 0.1) is 25.6 Å². The van der Waals surface area contributed by atoms with Gasteiger partial charge < -0.3 is 33.5 Å². The van der Waals surface area contributed by atoms with Crippen molar-refractivity contribution in [1.82, 2.24) is 0 Å². The third-order valence-corrected chi connectivity index (χ3v) is 11.0. The van der Waals surface area contributed by atoms with Crippen LogP contribution in [0, 0.1) is 17.8 Å². The molecule has 1 unspecified atom stereocenters. The van der Waals surface area contributed by atoms with Crippen molar-refractivity contribution in [2.75, 3.05) is 13.7 Å². The van der Waals surface area contributed by atoms with Crippen molar-refractivity contribution in [2.45, 2.75) is 82.3 Å². The number of carbonyl (C=O) groups is 3. The average molecular weight is 671 g/mol. The Labute approximate surface area is 285 Å². The maximum absolute atomic E-state index is 13.8. The number of fused-ring (bicyclic) bond motifs is 2. The highest BCUT2D eigenvalue weighted by Crippen LogP contribution is 2.68. The second kappa shape index (κ2) is 11.8. The molecule has 2 heterocycles. The summed E-state index contributed by atoms with van der Waals surface area (Å²) in [5.74, 6) is -3.62.